The molecule has 0 radical (unpaired) electrons. The van der Waals surface area contributed by atoms with Gasteiger partial charge in [-0.2, -0.15) is 25.2 Å². The quantitative estimate of drug-likeness (QED) is 0.0795. The van der Waals surface area contributed by atoms with E-state index in [1.54, 1.807) is 0 Å². The summed E-state index contributed by atoms with van der Waals surface area (Å²) in [7, 11) is 0. The van der Waals surface area contributed by atoms with Crippen molar-refractivity contribution in [3.63, 3.8) is 0 Å². The minimum atomic E-state index is 0.0231. The Bertz CT molecular complexity index is 2310. The fourth-order valence-electron chi connectivity index (χ4n) is 5.47. The standard InChI is InChI=1S/C37H28ClN9O2S2/c1-21-19-23(11-13-29(21)44-46-31-15-17-33(50-48)27-9-5-3-7-25(27)31)39-36-41-35(38)42-37(43-36)40-24-12-14-30(22(2)20-24)45-47-32-16-18-34(51-49)28-10-6-4-8-26(28)32/h3-20,48-49H,1-2H3,(H2,39,40,41,42,43). The van der Waals surface area contributed by atoms with E-state index in [9.17, 15) is 9.11 Å². The highest BCUT2D eigenvalue weighted by Gasteiger charge is 2.11. The third-order valence-corrected chi connectivity index (χ3v) is 9.24. The maximum atomic E-state index is 9.62. The summed E-state index contributed by atoms with van der Waals surface area (Å²) in [6.45, 7) is 3.88. The molecule has 0 atom stereocenters. The van der Waals surface area contributed by atoms with Crippen LogP contribution in [-0.2, 0) is 0 Å². The topological polar surface area (TPSA) is 153 Å². The molecule has 0 amide bonds. The second kappa shape index (κ2) is 15.2. The van der Waals surface area contributed by atoms with Crippen molar-refractivity contribution in [2.24, 2.45) is 20.5 Å². The highest BCUT2D eigenvalue weighted by Crippen LogP contribution is 2.36. The molecule has 0 aliphatic carbocycles. The number of fused-ring (bicyclic) bond motifs is 2. The molecular weight excluding hydrogens is 702 g/mol. The Balaban J connectivity index is 1.05. The lowest BCUT2D eigenvalue weighted by molar-refractivity contribution is 0.664. The van der Waals surface area contributed by atoms with E-state index in [1.165, 1.54) is 0 Å². The molecule has 0 saturated carbocycles. The van der Waals surface area contributed by atoms with Crippen molar-refractivity contribution in [1.82, 2.24) is 15.0 Å². The average molecular weight is 730 g/mol. The molecule has 0 unspecified atom stereocenters. The number of anilines is 4. The lowest BCUT2D eigenvalue weighted by Crippen LogP contribution is -2.04. The number of nitrogens with one attached hydrogen (secondary N) is 2. The lowest BCUT2D eigenvalue weighted by atomic mass is 10.1. The molecule has 0 fully saturated rings. The van der Waals surface area contributed by atoms with Crippen molar-refractivity contribution in [1.29, 1.82) is 0 Å². The fourth-order valence-corrected chi connectivity index (χ4v) is 6.44. The van der Waals surface area contributed by atoms with Crippen molar-refractivity contribution < 1.29 is 9.11 Å². The first-order valence-corrected chi connectivity index (χ1v) is 17.5. The Morgan fingerprint density at radius 3 is 1.31 bits per heavy atom. The largest absolute Gasteiger partial charge is 0.325 e. The van der Waals surface area contributed by atoms with E-state index < -0.39 is 0 Å². The Hall–Kier alpha value is -5.44. The summed E-state index contributed by atoms with van der Waals surface area (Å²) in [6.07, 6.45) is 0. The molecule has 0 saturated heterocycles. The predicted octanol–water partition coefficient (Wildman–Crippen LogP) is 12.9. The van der Waals surface area contributed by atoms with E-state index in [2.05, 4.69) is 46.0 Å². The van der Waals surface area contributed by atoms with Crippen LogP contribution >= 0.6 is 35.7 Å². The smallest absolute Gasteiger partial charge is 0.233 e. The van der Waals surface area contributed by atoms with E-state index in [4.69, 9.17) is 11.6 Å². The number of hydrogen-bond donors (Lipinski definition) is 4. The third kappa shape index (κ3) is 7.67. The van der Waals surface area contributed by atoms with Crippen LogP contribution in [0.4, 0.5) is 46.0 Å². The maximum absolute atomic E-state index is 9.62. The minimum Gasteiger partial charge on any atom is -0.325 e. The van der Waals surface area contributed by atoms with Crippen LogP contribution in [0.3, 0.4) is 0 Å². The molecule has 1 heterocycles. The molecular formula is C37H28ClN9O2S2. The fraction of sp³-hybridized carbons (Fsp3) is 0.0541. The second-order valence-corrected chi connectivity index (χ2v) is 12.9. The molecule has 11 nitrogen and oxygen atoms in total. The molecule has 0 aliphatic rings. The van der Waals surface area contributed by atoms with E-state index in [0.29, 0.717) is 46.8 Å². The number of nitrogens with zero attached hydrogens (tertiary/aromatic N) is 7. The van der Waals surface area contributed by atoms with Gasteiger partial charge in [0.2, 0.25) is 17.2 Å². The van der Waals surface area contributed by atoms with Crippen LogP contribution in [0.1, 0.15) is 11.1 Å². The monoisotopic (exact) mass is 729 g/mol. The Kier molecular flexibility index (Phi) is 10.1. The maximum Gasteiger partial charge on any atom is 0.233 e. The van der Waals surface area contributed by atoms with Gasteiger partial charge in [-0.15, -0.1) is 10.2 Å². The van der Waals surface area contributed by atoms with E-state index in [0.717, 1.165) is 53.8 Å². The van der Waals surface area contributed by atoms with Gasteiger partial charge in [0.1, 0.15) is 0 Å². The number of halogens is 1. The van der Waals surface area contributed by atoms with Gasteiger partial charge in [-0.25, -0.2) is 0 Å². The van der Waals surface area contributed by atoms with Gasteiger partial charge in [0, 0.05) is 56.0 Å². The normalized spacial score (nSPS) is 11.6. The Labute approximate surface area is 306 Å². The summed E-state index contributed by atoms with van der Waals surface area (Å²) >= 11 is 7.71. The van der Waals surface area contributed by atoms with Crippen LogP contribution in [-0.4, -0.2) is 24.1 Å². The number of rotatable bonds is 10. The van der Waals surface area contributed by atoms with Gasteiger partial charge in [0.05, 0.1) is 22.7 Å². The molecule has 7 rings (SSSR count). The van der Waals surface area contributed by atoms with Crippen LogP contribution in [0.5, 0.6) is 0 Å². The van der Waals surface area contributed by atoms with Crippen LogP contribution in [0.15, 0.2) is 139 Å². The molecule has 14 heteroatoms. The Morgan fingerprint density at radius 1 is 0.510 bits per heavy atom. The second-order valence-electron chi connectivity index (χ2n) is 11.3. The summed E-state index contributed by atoms with van der Waals surface area (Å²) in [5.41, 5.74) is 6.05. The number of aromatic nitrogens is 3. The summed E-state index contributed by atoms with van der Waals surface area (Å²) in [5, 5.41) is 28.0. The van der Waals surface area contributed by atoms with Crippen molar-refractivity contribution in [3.05, 3.63) is 126 Å². The van der Waals surface area contributed by atoms with Gasteiger partial charge < -0.3 is 19.7 Å². The predicted molar refractivity (Wildman–Crippen MR) is 207 cm³/mol. The number of aryl methyl sites for hydroxylation is 2. The van der Waals surface area contributed by atoms with Crippen LogP contribution in [0.25, 0.3) is 21.5 Å². The molecule has 0 aliphatic heterocycles. The zero-order valence-electron chi connectivity index (χ0n) is 27.1. The van der Waals surface area contributed by atoms with Crippen LogP contribution in [0.2, 0.25) is 5.28 Å². The van der Waals surface area contributed by atoms with Crippen molar-refractivity contribution in [2.45, 2.75) is 23.6 Å². The van der Waals surface area contributed by atoms with Crippen molar-refractivity contribution >= 4 is 103 Å². The van der Waals surface area contributed by atoms with Crippen molar-refractivity contribution in [2.75, 3.05) is 10.6 Å². The molecule has 6 aromatic carbocycles. The third-order valence-electron chi connectivity index (χ3n) is 7.96. The van der Waals surface area contributed by atoms with Crippen LogP contribution < -0.4 is 10.6 Å². The highest BCUT2D eigenvalue weighted by atomic mass is 35.5. The Morgan fingerprint density at radius 2 is 0.902 bits per heavy atom. The zero-order valence-corrected chi connectivity index (χ0v) is 29.5. The molecule has 51 heavy (non-hydrogen) atoms. The van der Waals surface area contributed by atoms with Gasteiger partial charge in [-0.05, 0) is 108 Å². The summed E-state index contributed by atoms with van der Waals surface area (Å²) in [4.78, 5) is 14.5. The average Bonchev–Trinajstić information content (AvgIpc) is 3.13. The molecule has 0 spiro atoms. The van der Waals surface area contributed by atoms with Gasteiger partial charge in [0.25, 0.3) is 0 Å². The summed E-state index contributed by atoms with van der Waals surface area (Å²) in [6, 6.07) is 34.1. The molecule has 252 valence electrons. The molecule has 7 aromatic rings. The first kappa shape index (κ1) is 34.0. The zero-order chi connectivity index (χ0) is 35.3. The first-order chi connectivity index (χ1) is 24.9. The number of hydrogen-bond acceptors (Lipinski definition) is 13. The van der Waals surface area contributed by atoms with Gasteiger partial charge >= 0.3 is 0 Å². The van der Waals surface area contributed by atoms with Crippen molar-refractivity contribution in [3.8, 4) is 0 Å². The number of azo groups is 2. The SMILES string of the molecule is Cc1cc(Nc2nc(Cl)nc(Nc3ccc(N=Nc4ccc(SO)c5ccccc45)c(C)c3)n2)ccc1N=Nc1ccc(SO)c2ccccc12. The van der Waals surface area contributed by atoms with E-state index in [-0.39, 0.29) is 17.2 Å². The van der Waals surface area contributed by atoms with E-state index >= 15 is 0 Å². The van der Waals surface area contributed by atoms with Gasteiger partial charge in [-0.1, -0.05) is 48.5 Å². The first-order valence-electron chi connectivity index (χ1n) is 15.6. The summed E-state index contributed by atoms with van der Waals surface area (Å²) in [5.74, 6) is 0.527. The van der Waals surface area contributed by atoms with Gasteiger partial charge in [-0.3, -0.25) is 0 Å². The highest BCUT2D eigenvalue weighted by molar-refractivity contribution is 7.94. The molecule has 1 aromatic heterocycles. The minimum absolute atomic E-state index is 0.0231. The summed E-state index contributed by atoms with van der Waals surface area (Å²) < 4.78 is 19.2. The van der Waals surface area contributed by atoms with E-state index in [1.807, 2.05) is 123 Å². The molecule has 4 N–H and O–H groups in total. The lowest BCUT2D eigenvalue weighted by Gasteiger charge is -2.10. The molecule has 0 bridgehead atoms. The number of benzene rings is 6. The van der Waals surface area contributed by atoms with Crippen LogP contribution in [0, 0.1) is 13.8 Å². The van der Waals surface area contributed by atoms with Gasteiger partial charge in [0.15, 0.2) is 0 Å².